The Kier molecular flexibility index (Phi) is 9.34. The van der Waals surface area contributed by atoms with Gasteiger partial charge in [0.15, 0.2) is 23.0 Å². The number of pyridine rings is 1. The Hall–Kier alpha value is -4.44. The van der Waals surface area contributed by atoms with Crippen LogP contribution in [-0.4, -0.2) is 58.2 Å². The van der Waals surface area contributed by atoms with E-state index in [4.69, 9.17) is 23.7 Å². The molecule has 9 nitrogen and oxygen atoms in total. The van der Waals surface area contributed by atoms with Crippen molar-refractivity contribution < 1.29 is 33.3 Å². The molecule has 4 aromatic rings. The zero-order valence-corrected chi connectivity index (χ0v) is 23.7. The van der Waals surface area contributed by atoms with Crippen LogP contribution in [-0.2, 0) is 16.0 Å². The van der Waals surface area contributed by atoms with Crippen LogP contribution in [0.3, 0.4) is 0 Å². The molecule has 0 radical (unpaired) electrons. The van der Waals surface area contributed by atoms with Gasteiger partial charge >= 0.3 is 5.97 Å². The number of carbonyl (C=O) groups excluding carboxylic acids is 2. The zero-order chi connectivity index (χ0) is 28.6. The number of nitrogens with one attached hydrogen (secondary N) is 1. The number of esters is 1. The van der Waals surface area contributed by atoms with Crippen LogP contribution in [0, 0.1) is 0 Å². The molecule has 0 saturated heterocycles. The van der Waals surface area contributed by atoms with Crippen LogP contribution in [0.2, 0.25) is 0 Å². The van der Waals surface area contributed by atoms with Crippen molar-refractivity contribution in [2.24, 2.45) is 0 Å². The van der Waals surface area contributed by atoms with Crippen molar-refractivity contribution in [3.63, 3.8) is 0 Å². The SMILES string of the molecule is COC(=O)c1ccccc1SCC(=O)Nc1cc(OC)c(OC)cc1Cc1nccc2cc(OC)c(OC)cc12. The quantitative estimate of drug-likeness (QED) is 0.191. The number of hydrogen-bond donors (Lipinski definition) is 1. The van der Waals surface area contributed by atoms with Gasteiger partial charge in [0.25, 0.3) is 0 Å². The Morgan fingerprint density at radius 1 is 0.825 bits per heavy atom. The van der Waals surface area contributed by atoms with Crippen LogP contribution < -0.4 is 24.3 Å². The Balaban J connectivity index is 1.65. The molecule has 0 aliphatic carbocycles. The van der Waals surface area contributed by atoms with Gasteiger partial charge in [-0.05, 0) is 47.3 Å². The molecule has 0 fully saturated rings. The van der Waals surface area contributed by atoms with Gasteiger partial charge in [-0.25, -0.2) is 4.79 Å². The molecule has 0 saturated carbocycles. The highest BCUT2D eigenvalue weighted by molar-refractivity contribution is 8.00. The van der Waals surface area contributed by atoms with E-state index in [1.54, 1.807) is 57.9 Å². The molecule has 0 unspecified atom stereocenters. The maximum atomic E-state index is 13.1. The lowest BCUT2D eigenvalue weighted by Gasteiger charge is -2.17. The normalized spacial score (nSPS) is 10.6. The molecule has 1 N–H and O–H groups in total. The van der Waals surface area contributed by atoms with Crippen LogP contribution in [0.4, 0.5) is 5.69 Å². The van der Waals surface area contributed by atoms with Crippen molar-refractivity contribution in [1.82, 2.24) is 4.98 Å². The summed E-state index contributed by atoms with van der Waals surface area (Å²) in [4.78, 5) is 30.5. The van der Waals surface area contributed by atoms with E-state index in [-0.39, 0.29) is 11.7 Å². The third-order valence-corrected chi connectivity index (χ3v) is 7.32. The first kappa shape index (κ1) is 28.6. The lowest BCUT2D eigenvalue weighted by molar-refractivity contribution is -0.113. The summed E-state index contributed by atoms with van der Waals surface area (Å²) in [5.41, 5.74) is 2.52. The highest BCUT2D eigenvalue weighted by Crippen LogP contribution is 2.37. The molecule has 40 heavy (non-hydrogen) atoms. The average molecular weight is 563 g/mol. The fourth-order valence-electron chi connectivity index (χ4n) is 4.27. The summed E-state index contributed by atoms with van der Waals surface area (Å²) >= 11 is 1.25. The predicted octanol–water partition coefficient (Wildman–Crippen LogP) is 5.38. The predicted molar refractivity (Wildman–Crippen MR) is 154 cm³/mol. The van der Waals surface area contributed by atoms with E-state index in [0.29, 0.717) is 45.6 Å². The van der Waals surface area contributed by atoms with Gasteiger partial charge in [0, 0.05) is 34.7 Å². The Bertz CT molecular complexity index is 1540. The van der Waals surface area contributed by atoms with Gasteiger partial charge in [-0.2, -0.15) is 0 Å². The summed E-state index contributed by atoms with van der Waals surface area (Å²) in [5.74, 6) is 1.58. The van der Waals surface area contributed by atoms with Crippen molar-refractivity contribution in [3.8, 4) is 23.0 Å². The molecule has 10 heteroatoms. The van der Waals surface area contributed by atoms with E-state index < -0.39 is 5.97 Å². The van der Waals surface area contributed by atoms with Crippen molar-refractivity contribution in [1.29, 1.82) is 0 Å². The van der Waals surface area contributed by atoms with Crippen molar-refractivity contribution in [2.75, 3.05) is 46.6 Å². The smallest absolute Gasteiger partial charge is 0.338 e. The number of rotatable bonds is 11. The van der Waals surface area contributed by atoms with E-state index in [0.717, 1.165) is 22.0 Å². The molecule has 0 aliphatic heterocycles. The number of methoxy groups -OCH3 is 5. The summed E-state index contributed by atoms with van der Waals surface area (Å²) in [5, 5.41) is 4.82. The minimum Gasteiger partial charge on any atom is -0.493 e. The number of thioether (sulfide) groups is 1. The second kappa shape index (κ2) is 13.1. The molecular weight excluding hydrogens is 532 g/mol. The molecule has 1 heterocycles. The fraction of sp³-hybridized carbons (Fsp3) is 0.233. The summed E-state index contributed by atoms with van der Waals surface area (Å²) in [6, 6.07) is 16.3. The number of nitrogens with zero attached hydrogens (tertiary/aromatic N) is 1. The number of carbonyl (C=O) groups is 2. The minimum atomic E-state index is -0.456. The second-order valence-corrected chi connectivity index (χ2v) is 9.57. The number of amides is 1. The molecular formula is C30H30N2O7S. The molecule has 3 aromatic carbocycles. The van der Waals surface area contributed by atoms with E-state index in [1.807, 2.05) is 24.3 Å². The van der Waals surface area contributed by atoms with Crippen LogP contribution >= 0.6 is 11.8 Å². The van der Waals surface area contributed by atoms with Gasteiger partial charge in [-0.3, -0.25) is 9.78 Å². The summed E-state index contributed by atoms with van der Waals surface area (Å²) in [6.07, 6.45) is 2.12. The van der Waals surface area contributed by atoms with Crippen LogP contribution in [0.15, 0.2) is 65.7 Å². The van der Waals surface area contributed by atoms with Gasteiger partial charge in [-0.1, -0.05) is 12.1 Å². The number of aromatic nitrogens is 1. The third-order valence-electron chi connectivity index (χ3n) is 6.24. The first-order valence-corrected chi connectivity index (χ1v) is 13.2. The monoisotopic (exact) mass is 562 g/mol. The van der Waals surface area contributed by atoms with Crippen LogP contribution in [0.1, 0.15) is 21.6 Å². The first-order valence-electron chi connectivity index (χ1n) is 12.3. The van der Waals surface area contributed by atoms with E-state index >= 15 is 0 Å². The Morgan fingerprint density at radius 2 is 1.48 bits per heavy atom. The lowest BCUT2D eigenvalue weighted by atomic mass is 10.0. The van der Waals surface area contributed by atoms with E-state index in [9.17, 15) is 9.59 Å². The van der Waals surface area contributed by atoms with Crippen LogP contribution in [0.5, 0.6) is 23.0 Å². The molecule has 1 aromatic heterocycles. The molecule has 0 aliphatic rings. The largest absolute Gasteiger partial charge is 0.493 e. The maximum absolute atomic E-state index is 13.1. The summed E-state index contributed by atoms with van der Waals surface area (Å²) in [7, 11) is 7.60. The number of anilines is 1. The number of ether oxygens (including phenoxy) is 5. The number of benzene rings is 3. The average Bonchev–Trinajstić information content (AvgIpc) is 2.99. The van der Waals surface area contributed by atoms with Crippen molar-refractivity contribution in [2.45, 2.75) is 11.3 Å². The molecule has 208 valence electrons. The molecule has 1 amide bonds. The number of fused-ring (bicyclic) bond motifs is 1. The van der Waals surface area contributed by atoms with Gasteiger partial charge in [-0.15, -0.1) is 11.8 Å². The highest BCUT2D eigenvalue weighted by Gasteiger charge is 2.18. The van der Waals surface area contributed by atoms with Gasteiger partial charge in [0.1, 0.15) is 0 Å². The van der Waals surface area contributed by atoms with E-state index in [2.05, 4.69) is 10.3 Å². The third kappa shape index (κ3) is 6.23. The van der Waals surface area contributed by atoms with Gasteiger partial charge < -0.3 is 29.0 Å². The van der Waals surface area contributed by atoms with Gasteiger partial charge in [0.05, 0.1) is 52.6 Å². The lowest BCUT2D eigenvalue weighted by Crippen LogP contribution is -2.16. The standard InChI is InChI=1S/C30H30N2O7S/c1-35-24-13-18-10-11-31-23(21(18)15-26(24)37-3)12-19-14-25(36-2)27(38-4)16-22(19)32-29(33)17-40-28-9-7-6-8-20(28)30(34)39-5/h6-11,13-16H,12,17H2,1-5H3,(H,32,33). The second-order valence-electron chi connectivity index (χ2n) is 8.55. The summed E-state index contributed by atoms with van der Waals surface area (Å²) < 4.78 is 26.9. The fourth-order valence-corrected chi connectivity index (χ4v) is 5.11. The summed E-state index contributed by atoms with van der Waals surface area (Å²) in [6.45, 7) is 0. The van der Waals surface area contributed by atoms with Crippen molar-refractivity contribution in [3.05, 3.63) is 77.6 Å². The molecule has 0 atom stereocenters. The highest BCUT2D eigenvalue weighted by atomic mass is 32.2. The minimum absolute atomic E-state index is 0.0747. The topological polar surface area (TPSA) is 105 Å². The Morgan fingerprint density at radius 3 is 2.17 bits per heavy atom. The molecule has 0 spiro atoms. The molecule has 0 bridgehead atoms. The van der Waals surface area contributed by atoms with Crippen LogP contribution in [0.25, 0.3) is 10.8 Å². The van der Waals surface area contributed by atoms with Crippen molar-refractivity contribution >= 4 is 40.1 Å². The first-order chi connectivity index (χ1) is 19.4. The zero-order valence-electron chi connectivity index (χ0n) is 22.9. The maximum Gasteiger partial charge on any atom is 0.338 e. The molecule has 4 rings (SSSR count). The van der Waals surface area contributed by atoms with E-state index in [1.165, 1.54) is 26.0 Å². The number of hydrogen-bond acceptors (Lipinski definition) is 9. The van der Waals surface area contributed by atoms with Gasteiger partial charge in [0.2, 0.25) is 5.91 Å². The Labute approximate surface area is 236 Å².